The van der Waals surface area contributed by atoms with Crippen LogP contribution in [0.15, 0.2) is 60.7 Å². The number of unbranched alkanes of at least 4 members (excludes halogenated alkanes) is 5. The zero-order chi connectivity index (χ0) is 28.9. The molecule has 0 atom stereocenters. The molecule has 0 heterocycles. The number of hydrogen-bond donors (Lipinski definition) is 3. The fraction of sp³-hybridized carbons (Fsp3) is 0.344. The Morgan fingerprint density at radius 1 is 0.725 bits per heavy atom. The third kappa shape index (κ3) is 9.45. The summed E-state index contributed by atoms with van der Waals surface area (Å²) in [5.74, 6) is -0.554. The molecule has 212 valence electrons. The molecule has 8 nitrogen and oxygen atoms in total. The molecule has 3 aromatic carbocycles. The van der Waals surface area contributed by atoms with Crippen LogP contribution in [0.1, 0.15) is 59.3 Å². The van der Waals surface area contributed by atoms with Gasteiger partial charge in [-0.2, -0.15) is 0 Å². The van der Waals surface area contributed by atoms with Crippen molar-refractivity contribution < 1.29 is 29.0 Å². The summed E-state index contributed by atoms with van der Waals surface area (Å²) in [7, 11) is 0. The van der Waals surface area contributed by atoms with Crippen molar-refractivity contribution in [3.63, 3.8) is 0 Å². The number of ether oxygens (including phenoxy) is 2. The predicted molar refractivity (Wildman–Crippen MR) is 158 cm³/mol. The number of amides is 2. The number of anilines is 2. The first-order chi connectivity index (χ1) is 19.3. The zero-order valence-electron chi connectivity index (χ0n) is 23.4. The fourth-order valence-electron chi connectivity index (χ4n) is 4.41. The summed E-state index contributed by atoms with van der Waals surface area (Å²) in [5.41, 5.74) is 3.87. The molecular weight excluding hydrogens is 508 g/mol. The Morgan fingerprint density at radius 3 is 1.75 bits per heavy atom. The second-order valence-corrected chi connectivity index (χ2v) is 9.67. The van der Waals surface area contributed by atoms with Crippen LogP contribution < -0.4 is 20.1 Å². The van der Waals surface area contributed by atoms with Crippen LogP contribution >= 0.6 is 0 Å². The van der Waals surface area contributed by atoms with Crippen LogP contribution in [0.5, 0.6) is 11.5 Å². The van der Waals surface area contributed by atoms with E-state index < -0.39 is 12.6 Å². The quantitative estimate of drug-likeness (QED) is 0.175. The first kappa shape index (κ1) is 30.2. The van der Waals surface area contributed by atoms with Crippen LogP contribution in [0.2, 0.25) is 0 Å². The Bertz CT molecular complexity index is 1240. The molecule has 0 aromatic heterocycles. The van der Waals surface area contributed by atoms with Gasteiger partial charge in [-0.3, -0.25) is 9.59 Å². The Kier molecular flexibility index (Phi) is 11.6. The summed E-state index contributed by atoms with van der Waals surface area (Å²) in [6.45, 7) is 5.06. The van der Waals surface area contributed by atoms with E-state index in [1.807, 2.05) is 36.4 Å². The highest BCUT2D eigenvalue weighted by atomic mass is 16.5. The standard InChI is InChI=1S/C32H38N2O6/c1-4-5-6-7-8-9-16-39-28-19-29(24-12-10-14-26(17-24)33-22(2)35)32(40-21-31(37)38)30(20-28)25-13-11-15-27(18-25)34-23(3)36/h10-15,17-20H,4-9,16,21H2,1-3H3,(H,33,35)(H,34,36)(H,37,38). The average Bonchev–Trinajstić information content (AvgIpc) is 2.91. The fourth-order valence-corrected chi connectivity index (χ4v) is 4.41. The smallest absolute Gasteiger partial charge is 0.341 e. The number of nitrogens with one attached hydrogen (secondary N) is 2. The minimum absolute atomic E-state index is 0.203. The molecule has 3 aromatic rings. The van der Waals surface area contributed by atoms with Crippen LogP contribution in [0.3, 0.4) is 0 Å². The van der Waals surface area contributed by atoms with Crippen molar-refractivity contribution in [3.05, 3.63) is 60.7 Å². The highest BCUT2D eigenvalue weighted by molar-refractivity contribution is 5.92. The van der Waals surface area contributed by atoms with Crippen LogP contribution in [-0.4, -0.2) is 36.1 Å². The van der Waals surface area contributed by atoms with Crippen LogP contribution in [0.4, 0.5) is 11.4 Å². The van der Waals surface area contributed by atoms with Gasteiger partial charge in [0, 0.05) is 36.3 Å². The van der Waals surface area contributed by atoms with Crippen molar-refractivity contribution in [2.45, 2.75) is 59.3 Å². The number of aliphatic carboxylic acids is 1. The van der Waals surface area contributed by atoms with E-state index in [0.29, 0.717) is 40.6 Å². The van der Waals surface area contributed by atoms with Gasteiger partial charge < -0.3 is 25.2 Å². The maximum atomic E-state index is 11.7. The van der Waals surface area contributed by atoms with E-state index in [2.05, 4.69) is 17.6 Å². The molecule has 0 aliphatic heterocycles. The van der Waals surface area contributed by atoms with E-state index in [0.717, 1.165) is 24.0 Å². The molecule has 0 aliphatic carbocycles. The highest BCUT2D eigenvalue weighted by Gasteiger charge is 2.19. The summed E-state index contributed by atoms with van der Waals surface area (Å²) in [4.78, 5) is 34.9. The monoisotopic (exact) mass is 546 g/mol. The molecular formula is C32H38N2O6. The summed E-state index contributed by atoms with van der Waals surface area (Å²) >= 11 is 0. The van der Waals surface area contributed by atoms with Crippen LogP contribution in [-0.2, 0) is 14.4 Å². The maximum Gasteiger partial charge on any atom is 0.341 e. The van der Waals surface area contributed by atoms with Gasteiger partial charge in [0.1, 0.15) is 11.5 Å². The zero-order valence-corrected chi connectivity index (χ0v) is 23.4. The minimum atomic E-state index is -1.11. The third-order valence-electron chi connectivity index (χ3n) is 6.16. The third-order valence-corrected chi connectivity index (χ3v) is 6.16. The molecule has 0 unspecified atom stereocenters. The molecule has 0 radical (unpaired) electrons. The van der Waals surface area contributed by atoms with Crippen LogP contribution in [0, 0.1) is 0 Å². The lowest BCUT2D eigenvalue weighted by Crippen LogP contribution is -2.11. The van der Waals surface area contributed by atoms with E-state index in [9.17, 15) is 19.5 Å². The van der Waals surface area contributed by atoms with Crippen molar-refractivity contribution in [2.75, 3.05) is 23.8 Å². The molecule has 0 fully saturated rings. The molecule has 0 saturated carbocycles. The van der Waals surface area contributed by atoms with E-state index in [-0.39, 0.29) is 11.8 Å². The summed E-state index contributed by atoms with van der Waals surface area (Å²) < 4.78 is 12.1. The number of benzene rings is 3. The van der Waals surface area contributed by atoms with E-state index >= 15 is 0 Å². The highest BCUT2D eigenvalue weighted by Crippen LogP contribution is 2.43. The first-order valence-corrected chi connectivity index (χ1v) is 13.7. The number of rotatable bonds is 15. The Morgan fingerprint density at radius 2 is 1.25 bits per heavy atom. The molecule has 40 heavy (non-hydrogen) atoms. The van der Waals surface area contributed by atoms with Gasteiger partial charge in [-0.25, -0.2) is 4.79 Å². The molecule has 8 heteroatoms. The number of hydrogen-bond acceptors (Lipinski definition) is 5. The largest absolute Gasteiger partial charge is 0.494 e. The van der Waals surface area contributed by atoms with Crippen molar-refractivity contribution in [1.29, 1.82) is 0 Å². The lowest BCUT2D eigenvalue weighted by atomic mass is 9.96. The van der Waals surface area contributed by atoms with Gasteiger partial charge in [0.2, 0.25) is 11.8 Å². The summed E-state index contributed by atoms with van der Waals surface area (Å²) in [5, 5.41) is 15.0. The number of carboxylic acids is 1. The van der Waals surface area contributed by atoms with Gasteiger partial charge in [-0.05, 0) is 53.9 Å². The Hall–Kier alpha value is -4.33. The van der Waals surface area contributed by atoms with Gasteiger partial charge in [0.25, 0.3) is 0 Å². The first-order valence-electron chi connectivity index (χ1n) is 13.7. The van der Waals surface area contributed by atoms with Crippen molar-refractivity contribution in [3.8, 4) is 33.8 Å². The van der Waals surface area contributed by atoms with Gasteiger partial charge in [0.15, 0.2) is 6.61 Å². The number of carbonyl (C=O) groups is 3. The molecule has 2 amide bonds. The molecule has 3 rings (SSSR count). The second-order valence-electron chi connectivity index (χ2n) is 9.67. The second kappa shape index (κ2) is 15.3. The predicted octanol–water partition coefficient (Wildman–Crippen LogP) is 7.14. The topological polar surface area (TPSA) is 114 Å². The molecule has 0 aliphatic rings. The van der Waals surface area contributed by atoms with Crippen molar-refractivity contribution in [2.24, 2.45) is 0 Å². The molecule has 0 spiro atoms. The number of carboxylic acid groups (broad SMARTS) is 1. The normalized spacial score (nSPS) is 10.6. The minimum Gasteiger partial charge on any atom is -0.494 e. The van der Waals surface area contributed by atoms with E-state index in [1.165, 1.54) is 39.5 Å². The lowest BCUT2D eigenvalue weighted by molar-refractivity contribution is -0.139. The molecule has 0 bridgehead atoms. The van der Waals surface area contributed by atoms with Crippen molar-refractivity contribution >= 4 is 29.2 Å². The van der Waals surface area contributed by atoms with Crippen LogP contribution in [0.25, 0.3) is 22.3 Å². The number of carbonyl (C=O) groups excluding carboxylic acids is 2. The average molecular weight is 547 g/mol. The SMILES string of the molecule is CCCCCCCCOc1cc(-c2cccc(NC(C)=O)c2)c(OCC(=O)O)c(-c2cccc(NC(C)=O)c2)c1. The lowest BCUT2D eigenvalue weighted by Gasteiger charge is -2.19. The summed E-state index contributed by atoms with van der Waals surface area (Å²) in [6, 6.07) is 18.2. The van der Waals surface area contributed by atoms with Gasteiger partial charge in [-0.15, -0.1) is 0 Å². The summed E-state index contributed by atoms with van der Waals surface area (Å²) in [6.07, 6.45) is 6.82. The Balaban J connectivity index is 2.08. The van der Waals surface area contributed by atoms with Gasteiger partial charge >= 0.3 is 5.97 Å². The van der Waals surface area contributed by atoms with Gasteiger partial charge in [-0.1, -0.05) is 63.3 Å². The Labute approximate surface area is 235 Å². The molecule has 3 N–H and O–H groups in total. The van der Waals surface area contributed by atoms with Gasteiger partial charge in [0.05, 0.1) is 6.61 Å². The van der Waals surface area contributed by atoms with E-state index in [1.54, 1.807) is 24.3 Å². The van der Waals surface area contributed by atoms with E-state index in [4.69, 9.17) is 9.47 Å². The maximum absolute atomic E-state index is 11.7. The van der Waals surface area contributed by atoms with Crippen molar-refractivity contribution in [1.82, 2.24) is 0 Å². The molecule has 0 saturated heterocycles.